The van der Waals surface area contributed by atoms with E-state index in [4.69, 9.17) is 21.1 Å². The van der Waals surface area contributed by atoms with Crippen LogP contribution in [0.3, 0.4) is 0 Å². The predicted molar refractivity (Wildman–Crippen MR) is 89.2 cm³/mol. The van der Waals surface area contributed by atoms with Gasteiger partial charge in [-0.3, -0.25) is 4.90 Å². The highest BCUT2D eigenvalue weighted by atomic mass is 35.5. The number of nitrogens with zero attached hydrogens (tertiary/aromatic N) is 1. The maximum atomic E-state index is 13.1. The molecule has 1 heterocycles. The minimum absolute atomic E-state index is 0.0924. The van der Waals surface area contributed by atoms with Gasteiger partial charge in [-0.1, -0.05) is 6.92 Å². The molecule has 0 saturated carbocycles. The van der Waals surface area contributed by atoms with E-state index in [9.17, 15) is 22.8 Å². The molecular weight excluding hydrogens is 375 g/mol. The van der Waals surface area contributed by atoms with Crippen molar-refractivity contribution < 1.29 is 32.2 Å². The van der Waals surface area contributed by atoms with Crippen LogP contribution in [0.1, 0.15) is 37.8 Å². The largest absolute Gasteiger partial charge is 0.467 e. The molecule has 1 aliphatic rings. The van der Waals surface area contributed by atoms with Crippen molar-refractivity contribution in [2.24, 2.45) is 0 Å². The molecular formula is C17H19ClF3NO4. The van der Waals surface area contributed by atoms with Gasteiger partial charge in [0.05, 0.1) is 25.0 Å². The summed E-state index contributed by atoms with van der Waals surface area (Å²) in [7, 11) is 1.11. The fourth-order valence-electron chi connectivity index (χ4n) is 3.08. The predicted octanol–water partition coefficient (Wildman–Crippen LogP) is 4.46. The van der Waals surface area contributed by atoms with Gasteiger partial charge in [-0.15, -0.1) is 11.6 Å². The van der Waals surface area contributed by atoms with Crippen molar-refractivity contribution in [2.45, 2.75) is 43.8 Å². The van der Waals surface area contributed by atoms with Crippen LogP contribution in [-0.2, 0) is 25.3 Å². The Morgan fingerprint density at radius 1 is 1.35 bits per heavy atom. The van der Waals surface area contributed by atoms with Gasteiger partial charge >= 0.3 is 18.2 Å². The average Bonchev–Trinajstić information content (AvgIpc) is 2.59. The average molecular weight is 394 g/mol. The van der Waals surface area contributed by atoms with E-state index in [1.54, 1.807) is 13.8 Å². The molecule has 0 unspecified atom stereocenters. The van der Waals surface area contributed by atoms with Gasteiger partial charge in [-0.2, -0.15) is 13.2 Å². The lowest BCUT2D eigenvalue weighted by atomic mass is 9.83. The first-order valence-electron chi connectivity index (χ1n) is 8.05. The van der Waals surface area contributed by atoms with Gasteiger partial charge in [0, 0.05) is 18.0 Å². The summed E-state index contributed by atoms with van der Waals surface area (Å²) < 4.78 is 49.2. The number of benzene rings is 1. The van der Waals surface area contributed by atoms with E-state index >= 15 is 0 Å². The first-order valence-corrected chi connectivity index (χ1v) is 8.43. The zero-order valence-corrected chi connectivity index (χ0v) is 15.3. The number of hydrogen-bond acceptors (Lipinski definition) is 4. The fraction of sp³-hybridized carbons (Fsp3) is 0.529. The third-order valence-electron chi connectivity index (χ3n) is 4.34. The van der Waals surface area contributed by atoms with Crippen LogP contribution in [0, 0.1) is 0 Å². The number of esters is 1. The van der Waals surface area contributed by atoms with Gasteiger partial charge in [0.2, 0.25) is 0 Å². The molecule has 1 aromatic rings. The van der Waals surface area contributed by atoms with Gasteiger partial charge in [-0.05, 0) is 31.5 Å². The van der Waals surface area contributed by atoms with E-state index in [1.807, 2.05) is 0 Å². The standard InChI is InChI=1S/C17H19ClF3NO4/c1-4-11-9-16(18,14(23)25-3)12-8-10(17(19,20)21)6-7-13(12)22(11)15(24)26-5-2/h6-8,11H,4-5,9H2,1-3H3/t11-,16-/m1/s1. The van der Waals surface area contributed by atoms with E-state index in [0.29, 0.717) is 6.42 Å². The van der Waals surface area contributed by atoms with Crippen LogP contribution in [-0.4, -0.2) is 31.8 Å². The zero-order chi connectivity index (χ0) is 19.7. The lowest BCUT2D eigenvalue weighted by molar-refractivity contribution is -0.145. The van der Waals surface area contributed by atoms with Crippen LogP contribution in [0.15, 0.2) is 18.2 Å². The van der Waals surface area contributed by atoms with E-state index in [-0.39, 0.29) is 24.3 Å². The first-order chi connectivity index (χ1) is 12.1. The summed E-state index contributed by atoms with van der Waals surface area (Å²) in [4.78, 5) is 24.1. The Labute approximate surface area is 154 Å². The molecule has 0 bridgehead atoms. The molecule has 0 spiro atoms. The van der Waals surface area contributed by atoms with E-state index < -0.39 is 34.7 Å². The lowest BCUT2D eigenvalue weighted by Crippen LogP contribution is -2.51. The SMILES string of the molecule is CCOC(=O)N1c2ccc(C(F)(F)F)cc2[C@@](Cl)(C(=O)OC)C[C@H]1CC. The summed E-state index contributed by atoms with van der Waals surface area (Å²) >= 11 is 6.48. The molecule has 1 amide bonds. The van der Waals surface area contributed by atoms with Crippen LogP contribution < -0.4 is 4.90 Å². The number of anilines is 1. The summed E-state index contributed by atoms with van der Waals surface area (Å²) in [6.45, 7) is 3.50. The van der Waals surface area contributed by atoms with Crippen molar-refractivity contribution in [3.63, 3.8) is 0 Å². The number of carbonyl (C=O) groups is 2. The number of ether oxygens (including phenoxy) is 2. The molecule has 9 heteroatoms. The molecule has 1 aliphatic heterocycles. The van der Waals surface area contributed by atoms with Crippen LogP contribution in [0.5, 0.6) is 0 Å². The third kappa shape index (κ3) is 3.47. The fourth-order valence-corrected chi connectivity index (χ4v) is 3.49. The van der Waals surface area contributed by atoms with Gasteiger partial charge in [0.15, 0.2) is 4.87 Å². The van der Waals surface area contributed by atoms with Gasteiger partial charge in [0.25, 0.3) is 0 Å². The van der Waals surface area contributed by atoms with Crippen LogP contribution in [0.25, 0.3) is 0 Å². The van der Waals surface area contributed by atoms with E-state index in [2.05, 4.69) is 0 Å². The maximum Gasteiger partial charge on any atom is 0.416 e. The normalized spacial score (nSPS) is 22.6. The van der Waals surface area contributed by atoms with Gasteiger partial charge in [-0.25, -0.2) is 9.59 Å². The first kappa shape index (κ1) is 20.4. The van der Waals surface area contributed by atoms with Crippen LogP contribution in [0.4, 0.5) is 23.7 Å². The van der Waals surface area contributed by atoms with Crippen molar-refractivity contribution in [1.29, 1.82) is 0 Å². The Balaban J connectivity index is 2.71. The Morgan fingerprint density at radius 2 is 2.00 bits per heavy atom. The minimum atomic E-state index is -4.63. The maximum absolute atomic E-state index is 13.1. The number of amides is 1. The second kappa shape index (κ2) is 7.34. The molecule has 1 aromatic carbocycles. The topological polar surface area (TPSA) is 55.8 Å². The molecule has 0 aliphatic carbocycles. The summed E-state index contributed by atoms with van der Waals surface area (Å²) in [5, 5.41) is 0. The van der Waals surface area contributed by atoms with Gasteiger partial charge < -0.3 is 9.47 Å². The quantitative estimate of drug-likeness (QED) is 0.562. The van der Waals surface area contributed by atoms with Crippen molar-refractivity contribution >= 4 is 29.4 Å². The second-order valence-electron chi connectivity index (χ2n) is 5.86. The molecule has 0 radical (unpaired) electrons. The molecule has 0 aromatic heterocycles. The number of fused-ring (bicyclic) bond motifs is 1. The summed E-state index contributed by atoms with van der Waals surface area (Å²) in [5.41, 5.74) is -0.988. The monoisotopic (exact) mass is 393 g/mol. The van der Waals surface area contributed by atoms with Crippen molar-refractivity contribution in [3.8, 4) is 0 Å². The lowest BCUT2D eigenvalue weighted by Gasteiger charge is -2.42. The highest BCUT2D eigenvalue weighted by molar-refractivity contribution is 6.34. The Kier molecular flexibility index (Phi) is 5.75. The highest BCUT2D eigenvalue weighted by Gasteiger charge is 2.51. The van der Waals surface area contributed by atoms with E-state index in [1.165, 1.54) is 4.90 Å². The Morgan fingerprint density at radius 3 is 2.50 bits per heavy atom. The molecule has 2 rings (SSSR count). The summed E-state index contributed by atoms with van der Waals surface area (Å²) in [6, 6.07) is 2.24. The molecule has 0 fully saturated rings. The molecule has 144 valence electrons. The number of hydrogen-bond donors (Lipinski definition) is 0. The Hall–Kier alpha value is -1.96. The number of methoxy groups -OCH3 is 1. The van der Waals surface area contributed by atoms with Crippen molar-refractivity contribution in [2.75, 3.05) is 18.6 Å². The van der Waals surface area contributed by atoms with E-state index in [0.717, 1.165) is 25.3 Å². The van der Waals surface area contributed by atoms with Crippen molar-refractivity contribution in [3.05, 3.63) is 29.3 Å². The molecule has 0 saturated heterocycles. The zero-order valence-electron chi connectivity index (χ0n) is 14.5. The smallest absolute Gasteiger partial charge is 0.416 e. The number of carbonyl (C=O) groups excluding carboxylic acids is 2. The molecule has 2 atom stereocenters. The Bertz CT molecular complexity index is 710. The number of rotatable bonds is 3. The number of alkyl halides is 4. The molecule has 5 nitrogen and oxygen atoms in total. The molecule has 0 N–H and O–H groups in total. The number of halogens is 4. The van der Waals surface area contributed by atoms with Crippen LogP contribution in [0.2, 0.25) is 0 Å². The molecule has 26 heavy (non-hydrogen) atoms. The minimum Gasteiger partial charge on any atom is -0.467 e. The van der Waals surface area contributed by atoms with Crippen LogP contribution >= 0.6 is 11.6 Å². The summed E-state index contributed by atoms with van der Waals surface area (Å²) in [6.07, 6.45) is -5.00. The third-order valence-corrected chi connectivity index (χ3v) is 4.85. The highest BCUT2D eigenvalue weighted by Crippen LogP contribution is 2.49. The second-order valence-corrected chi connectivity index (χ2v) is 6.50. The van der Waals surface area contributed by atoms with Crippen molar-refractivity contribution in [1.82, 2.24) is 0 Å². The van der Waals surface area contributed by atoms with Gasteiger partial charge in [0.1, 0.15) is 0 Å². The summed E-state index contributed by atoms with van der Waals surface area (Å²) in [5.74, 6) is -0.873.